The Balaban J connectivity index is 3.86. The van der Waals surface area contributed by atoms with E-state index in [9.17, 15) is 0 Å². The summed E-state index contributed by atoms with van der Waals surface area (Å²) >= 11 is 0. The summed E-state index contributed by atoms with van der Waals surface area (Å²) in [5.41, 5.74) is 0. The van der Waals surface area contributed by atoms with Crippen LogP contribution in [0.5, 0.6) is 0 Å². The topological polar surface area (TPSA) is 39.7 Å². The van der Waals surface area contributed by atoms with Crippen molar-refractivity contribution in [3.05, 3.63) is 0 Å². The first-order valence-corrected chi connectivity index (χ1v) is 7.93. The number of hydrogen-bond acceptors (Lipinski definition) is 4. The van der Waals surface area contributed by atoms with E-state index in [1.54, 1.807) is 21.3 Å². The molecule has 0 fully saturated rings. The SMILES string of the molecule is CCCCNC[C@@H](C)C[Si](OC)(OC)OC. The number of hydrogen-bond donors (Lipinski definition) is 1. The van der Waals surface area contributed by atoms with E-state index in [4.69, 9.17) is 13.3 Å². The predicted molar refractivity (Wildman–Crippen MR) is 68.5 cm³/mol. The van der Waals surface area contributed by atoms with Gasteiger partial charge in [0.2, 0.25) is 0 Å². The van der Waals surface area contributed by atoms with Crippen molar-refractivity contribution in [2.45, 2.75) is 32.7 Å². The van der Waals surface area contributed by atoms with Gasteiger partial charge in [0.15, 0.2) is 0 Å². The molecule has 0 amide bonds. The third-order valence-corrected chi connectivity index (χ3v) is 5.79. The second-order valence-corrected chi connectivity index (χ2v) is 7.16. The van der Waals surface area contributed by atoms with Crippen LogP contribution in [0.25, 0.3) is 0 Å². The molecule has 0 saturated heterocycles. The molecule has 0 unspecified atom stereocenters. The Kier molecular flexibility index (Phi) is 9.16. The average Bonchev–Trinajstić information content (AvgIpc) is 2.32. The van der Waals surface area contributed by atoms with E-state index in [-0.39, 0.29) is 0 Å². The van der Waals surface area contributed by atoms with Crippen LogP contribution < -0.4 is 5.32 Å². The molecule has 0 bridgehead atoms. The van der Waals surface area contributed by atoms with Crippen LogP contribution in [0.15, 0.2) is 0 Å². The third-order valence-electron chi connectivity index (χ3n) is 2.73. The molecule has 0 spiro atoms. The fourth-order valence-electron chi connectivity index (χ4n) is 1.65. The highest BCUT2D eigenvalue weighted by atomic mass is 28.4. The Hall–Kier alpha value is 0.0569. The Morgan fingerprint density at radius 3 is 2.12 bits per heavy atom. The van der Waals surface area contributed by atoms with Gasteiger partial charge in [-0.15, -0.1) is 0 Å². The zero-order valence-electron chi connectivity index (χ0n) is 11.3. The minimum absolute atomic E-state index is 0.503. The van der Waals surface area contributed by atoms with E-state index in [1.165, 1.54) is 12.8 Å². The lowest BCUT2D eigenvalue weighted by molar-refractivity contribution is 0.118. The molecule has 0 aliphatic carbocycles. The molecule has 0 aromatic carbocycles. The molecule has 0 aromatic rings. The van der Waals surface area contributed by atoms with Crippen molar-refractivity contribution in [3.8, 4) is 0 Å². The molecule has 1 N–H and O–H groups in total. The van der Waals surface area contributed by atoms with E-state index in [0.717, 1.165) is 19.1 Å². The van der Waals surface area contributed by atoms with E-state index in [2.05, 4.69) is 19.2 Å². The molecule has 0 saturated carbocycles. The van der Waals surface area contributed by atoms with Crippen molar-refractivity contribution >= 4 is 8.80 Å². The van der Waals surface area contributed by atoms with Crippen molar-refractivity contribution in [3.63, 3.8) is 0 Å². The van der Waals surface area contributed by atoms with Gasteiger partial charge in [0.1, 0.15) is 0 Å². The molecule has 0 aliphatic heterocycles. The van der Waals surface area contributed by atoms with Crippen molar-refractivity contribution in [2.24, 2.45) is 5.92 Å². The summed E-state index contributed by atoms with van der Waals surface area (Å²) in [5.74, 6) is 0.503. The maximum Gasteiger partial charge on any atom is 0.500 e. The van der Waals surface area contributed by atoms with Crippen molar-refractivity contribution in [1.29, 1.82) is 0 Å². The van der Waals surface area contributed by atoms with Gasteiger partial charge < -0.3 is 18.6 Å². The molecular weight excluding hydrogens is 222 g/mol. The van der Waals surface area contributed by atoms with E-state index in [0.29, 0.717) is 5.92 Å². The molecule has 5 heteroatoms. The van der Waals surface area contributed by atoms with Crippen molar-refractivity contribution < 1.29 is 13.3 Å². The van der Waals surface area contributed by atoms with Gasteiger partial charge in [-0.3, -0.25) is 0 Å². The molecular formula is C11H27NO3Si. The van der Waals surface area contributed by atoms with Gasteiger partial charge in [-0.25, -0.2) is 0 Å². The van der Waals surface area contributed by atoms with Gasteiger partial charge in [-0.2, -0.15) is 0 Å². The monoisotopic (exact) mass is 249 g/mol. The van der Waals surface area contributed by atoms with Crippen LogP contribution in [0, 0.1) is 5.92 Å². The maximum atomic E-state index is 5.40. The minimum atomic E-state index is -2.39. The van der Waals surface area contributed by atoms with Gasteiger partial charge >= 0.3 is 8.80 Å². The average molecular weight is 249 g/mol. The minimum Gasteiger partial charge on any atom is -0.377 e. The number of rotatable bonds is 10. The number of nitrogens with one attached hydrogen (secondary N) is 1. The largest absolute Gasteiger partial charge is 0.500 e. The van der Waals surface area contributed by atoms with Crippen molar-refractivity contribution in [2.75, 3.05) is 34.4 Å². The van der Waals surface area contributed by atoms with Gasteiger partial charge in [0.05, 0.1) is 0 Å². The first-order chi connectivity index (χ1) is 7.64. The first kappa shape index (κ1) is 16.1. The molecule has 98 valence electrons. The molecule has 16 heavy (non-hydrogen) atoms. The maximum absolute atomic E-state index is 5.40. The zero-order chi connectivity index (χ0) is 12.4. The molecule has 0 aromatic heterocycles. The highest BCUT2D eigenvalue weighted by Gasteiger charge is 2.39. The standard InChI is InChI=1S/C11H27NO3Si/c1-6-7-8-12-9-11(2)10-16(13-3,14-4)15-5/h11-12H,6-10H2,1-5H3/t11-/m1/s1. The number of unbranched alkanes of at least 4 members (excludes halogenated alkanes) is 1. The zero-order valence-corrected chi connectivity index (χ0v) is 12.3. The summed E-state index contributed by atoms with van der Waals surface area (Å²) in [4.78, 5) is 0. The van der Waals surface area contributed by atoms with E-state index < -0.39 is 8.80 Å². The summed E-state index contributed by atoms with van der Waals surface area (Å²) in [6.45, 7) is 6.47. The van der Waals surface area contributed by atoms with Crippen LogP contribution in [0.4, 0.5) is 0 Å². The summed E-state index contributed by atoms with van der Waals surface area (Å²) in [6, 6.07) is 0.857. The van der Waals surface area contributed by atoms with Crippen LogP contribution in [0.1, 0.15) is 26.7 Å². The fourth-order valence-corrected chi connectivity index (χ4v) is 3.65. The normalized spacial score (nSPS) is 14.1. The quantitative estimate of drug-likeness (QED) is 0.474. The molecule has 4 nitrogen and oxygen atoms in total. The Labute approximate surface area is 101 Å². The summed E-state index contributed by atoms with van der Waals surface area (Å²) in [5, 5.41) is 3.44. The first-order valence-electron chi connectivity index (χ1n) is 6.00. The molecule has 0 rings (SSSR count). The molecule has 1 atom stereocenters. The summed E-state index contributed by atoms with van der Waals surface area (Å²) < 4.78 is 16.2. The van der Waals surface area contributed by atoms with Crippen LogP contribution in [0.3, 0.4) is 0 Å². The third kappa shape index (κ3) is 5.96. The summed E-state index contributed by atoms with van der Waals surface area (Å²) in [7, 11) is 2.60. The van der Waals surface area contributed by atoms with Crippen LogP contribution in [0.2, 0.25) is 6.04 Å². The summed E-state index contributed by atoms with van der Waals surface area (Å²) in [6.07, 6.45) is 2.46. The lowest BCUT2D eigenvalue weighted by Crippen LogP contribution is -2.45. The predicted octanol–water partition coefficient (Wildman–Crippen LogP) is 1.89. The highest BCUT2D eigenvalue weighted by Crippen LogP contribution is 2.18. The molecule has 0 heterocycles. The van der Waals surface area contributed by atoms with E-state index in [1.807, 2.05) is 0 Å². The van der Waals surface area contributed by atoms with Crippen LogP contribution >= 0.6 is 0 Å². The van der Waals surface area contributed by atoms with Crippen LogP contribution in [-0.2, 0) is 13.3 Å². The lowest BCUT2D eigenvalue weighted by Gasteiger charge is -2.27. The van der Waals surface area contributed by atoms with E-state index >= 15 is 0 Å². The van der Waals surface area contributed by atoms with Gasteiger partial charge in [0, 0.05) is 27.4 Å². The Bertz CT molecular complexity index is 157. The van der Waals surface area contributed by atoms with Gasteiger partial charge in [-0.05, 0) is 25.4 Å². The smallest absolute Gasteiger partial charge is 0.377 e. The molecule has 0 radical (unpaired) electrons. The fraction of sp³-hybridized carbons (Fsp3) is 1.00. The highest BCUT2D eigenvalue weighted by molar-refractivity contribution is 6.60. The second-order valence-electron chi connectivity index (χ2n) is 4.16. The van der Waals surface area contributed by atoms with Gasteiger partial charge in [-0.1, -0.05) is 20.3 Å². The van der Waals surface area contributed by atoms with Crippen molar-refractivity contribution in [1.82, 2.24) is 5.32 Å². The molecule has 0 aliphatic rings. The van der Waals surface area contributed by atoms with Crippen LogP contribution in [-0.4, -0.2) is 43.2 Å². The van der Waals surface area contributed by atoms with Gasteiger partial charge in [0.25, 0.3) is 0 Å². The second kappa shape index (κ2) is 9.12. The lowest BCUT2D eigenvalue weighted by atomic mass is 10.2. The Morgan fingerprint density at radius 1 is 1.12 bits per heavy atom. The Morgan fingerprint density at radius 2 is 1.69 bits per heavy atom.